The molecule has 1 unspecified atom stereocenters. The minimum atomic E-state index is 0.170. The Balaban J connectivity index is 0.000000144. The van der Waals surface area contributed by atoms with Gasteiger partial charge in [-0.3, -0.25) is 0 Å². The van der Waals surface area contributed by atoms with Crippen LogP contribution in [0.2, 0.25) is 5.02 Å². The minimum Gasteiger partial charge on any atom is -0.497 e. The highest BCUT2D eigenvalue weighted by atomic mass is 35.5. The van der Waals surface area contributed by atoms with Crippen LogP contribution in [0.25, 0.3) is 0 Å². The molecule has 6 aromatic rings. The Morgan fingerprint density at radius 1 is 0.484 bits per heavy atom. The molecule has 3 fully saturated rings. The van der Waals surface area contributed by atoms with Gasteiger partial charge in [-0.1, -0.05) is 103 Å². The third-order valence-electron chi connectivity index (χ3n) is 11.3. The van der Waals surface area contributed by atoms with Crippen molar-refractivity contribution in [1.29, 1.82) is 0 Å². The fourth-order valence-corrected chi connectivity index (χ4v) is 7.66. The summed E-state index contributed by atoms with van der Waals surface area (Å²) in [6.45, 7) is 10.4. The lowest BCUT2D eigenvalue weighted by atomic mass is 10.1. The zero-order valence-electron chi connectivity index (χ0n) is 36.9. The van der Waals surface area contributed by atoms with Gasteiger partial charge in [0.1, 0.15) is 5.75 Å². The topological polar surface area (TPSA) is 109 Å². The second-order valence-electron chi connectivity index (χ2n) is 15.9. The van der Waals surface area contributed by atoms with Crippen LogP contribution in [0.1, 0.15) is 51.7 Å². The normalized spacial score (nSPS) is 18.2. The van der Waals surface area contributed by atoms with E-state index in [1.54, 1.807) is 7.11 Å². The Labute approximate surface area is 384 Å². The molecule has 6 N–H and O–H groups in total. The lowest BCUT2D eigenvalue weighted by Gasteiger charge is -2.24. The van der Waals surface area contributed by atoms with Gasteiger partial charge in [0.25, 0.3) is 0 Å². The zero-order valence-corrected chi connectivity index (χ0v) is 37.6. The number of nitrogens with one attached hydrogen (secondary N) is 6. The average molecular weight is 884 g/mol. The van der Waals surface area contributed by atoms with Gasteiger partial charge < -0.3 is 50.8 Å². The van der Waals surface area contributed by atoms with Crippen molar-refractivity contribution < 1.29 is 18.9 Å². The van der Waals surface area contributed by atoms with E-state index in [0.717, 1.165) is 107 Å². The molecule has 3 aliphatic heterocycles. The highest BCUT2D eigenvalue weighted by Gasteiger charge is 2.17. The molecule has 3 heterocycles. The molecule has 0 spiro atoms. The first kappa shape index (κ1) is 46.6. The summed E-state index contributed by atoms with van der Waals surface area (Å²) in [5.41, 5.74) is 10.9. The highest BCUT2D eigenvalue weighted by Crippen LogP contribution is 2.24. The summed E-state index contributed by atoms with van der Waals surface area (Å²) in [5.74, 6) is 0.884. The van der Waals surface area contributed by atoms with E-state index < -0.39 is 0 Å². The predicted octanol–water partition coefficient (Wildman–Crippen LogP) is 9.58. The third-order valence-corrected chi connectivity index (χ3v) is 11.5. The summed E-state index contributed by atoms with van der Waals surface area (Å²) in [5, 5.41) is 21.1. The molecule has 0 aliphatic carbocycles. The molecule has 3 atom stereocenters. The number of methoxy groups -OCH3 is 1. The first-order valence-electron chi connectivity index (χ1n) is 22.5. The molecule has 9 rings (SSSR count). The SMILES string of the molecule is COc1ccc(CNc2ccc([C@H]3CNCCO3)cc2)cc1.Clc1ccc(CNc2ccc(C3CNCCO3)cc2)cc1.c1ccc(CCNc2ccc([C@H]3CNCCO3)cc2)cc1. The number of anilines is 3. The van der Waals surface area contributed by atoms with Crippen LogP contribution < -0.4 is 36.6 Å². The van der Waals surface area contributed by atoms with E-state index in [1.165, 1.54) is 39.1 Å². The predicted molar refractivity (Wildman–Crippen MR) is 262 cm³/mol. The second kappa shape index (κ2) is 25.8. The molecular formula is C53H63ClN6O4. The van der Waals surface area contributed by atoms with Crippen LogP contribution in [-0.2, 0) is 33.7 Å². The van der Waals surface area contributed by atoms with Gasteiger partial charge in [0.05, 0.1) is 45.2 Å². The molecule has 0 bridgehead atoms. The molecule has 64 heavy (non-hydrogen) atoms. The lowest BCUT2D eigenvalue weighted by molar-refractivity contribution is 0.0276. The van der Waals surface area contributed by atoms with E-state index in [-0.39, 0.29) is 18.3 Å². The molecule has 0 aromatic heterocycles. The first-order valence-corrected chi connectivity index (χ1v) is 22.9. The standard InChI is InChI=1S/C18H22N2O2.C18H22N2O.C17H19ClN2O/c1-21-17-8-2-14(3-9-17)12-20-16-6-4-15(5-7-16)18-13-19-10-11-22-18;1-2-4-15(5-3-1)10-11-20-17-8-6-16(7-9-17)18-14-19-12-13-21-18;18-15-5-1-13(2-6-15)11-20-16-7-3-14(4-8-16)17-12-19-9-10-21-17/h2-9,18-20H,10-13H2,1H3;1-9,18-20H,10-14H2;1-8,17,19-20H,9-12H2/t2*18-;/m11./s1. The summed E-state index contributed by atoms with van der Waals surface area (Å²) in [6.07, 6.45) is 1.57. The maximum Gasteiger partial charge on any atom is 0.118 e. The quantitative estimate of drug-likeness (QED) is 0.0634. The summed E-state index contributed by atoms with van der Waals surface area (Å²) in [7, 11) is 1.68. The maximum absolute atomic E-state index is 5.88. The first-order chi connectivity index (χ1) is 31.6. The monoisotopic (exact) mass is 882 g/mol. The number of morpholine rings is 3. The van der Waals surface area contributed by atoms with Crippen LogP contribution in [0.15, 0.2) is 152 Å². The van der Waals surface area contributed by atoms with E-state index in [4.69, 9.17) is 30.5 Å². The summed E-state index contributed by atoms with van der Waals surface area (Å²) >= 11 is 5.88. The van der Waals surface area contributed by atoms with Crippen molar-refractivity contribution >= 4 is 28.7 Å². The number of benzene rings is 6. The van der Waals surface area contributed by atoms with E-state index in [1.807, 2.05) is 36.4 Å². The molecule has 6 aromatic carbocycles. The van der Waals surface area contributed by atoms with E-state index in [9.17, 15) is 0 Å². The largest absolute Gasteiger partial charge is 0.497 e. The summed E-state index contributed by atoms with van der Waals surface area (Å²) in [6, 6.07) is 52.1. The number of halogens is 1. The Bertz CT molecular complexity index is 2180. The van der Waals surface area contributed by atoms with Crippen molar-refractivity contribution in [3.05, 3.63) is 190 Å². The van der Waals surface area contributed by atoms with Crippen molar-refractivity contribution in [1.82, 2.24) is 16.0 Å². The number of hydrogen-bond donors (Lipinski definition) is 6. The second-order valence-corrected chi connectivity index (χ2v) is 16.3. The van der Waals surface area contributed by atoms with Crippen molar-refractivity contribution in [2.75, 3.05) is 88.7 Å². The van der Waals surface area contributed by atoms with Gasteiger partial charge in [0.15, 0.2) is 0 Å². The molecular weight excluding hydrogens is 820 g/mol. The van der Waals surface area contributed by atoms with Crippen molar-refractivity contribution in [2.45, 2.75) is 37.8 Å². The molecule has 3 saturated heterocycles. The Hall–Kier alpha value is -5.43. The molecule has 3 aliphatic rings. The van der Waals surface area contributed by atoms with E-state index in [0.29, 0.717) is 0 Å². The van der Waals surface area contributed by atoms with Crippen LogP contribution >= 0.6 is 11.6 Å². The summed E-state index contributed by atoms with van der Waals surface area (Å²) in [4.78, 5) is 0. The fraction of sp³-hybridized carbons (Fsp3) is 0.321. The average Bonchev–Trinajstić information content (AvgIpc) is 3.38. The lowest BCUT2D eigenvalue weighted by Crippen LogP contribution is -2.33. The van der Waals surface area contributed by atoms with Gasteiger partial charge in [-0.15, -0.1) is 0 Å². The molecule has 0 saturated carbocycles. The maximum atomic E-state index is 5.88. The smallest absolute Gasteiger partial charge is 0.118 e. The van der Waals surface area contributed by atoms with Gasteiger partial charge in [-0.05, 0) is 100 Å². The van der Waals surface area contributed by atoms with Crippen LogP contribution in [0, 0.1) is 0 Å². The molecule has 0 amide bonds. The number of hydrogen-bond acceptors (Lipinski definition) is 10. The molecule has 0 radical (unpaired) electrons. The van der Waals surface area contributed by atoms with Gasteiger partial charge in [0, 0.05) is 81.0 Å². The Morgan fingerprint density at radius 2 is 0.891 bits per heavy atom. The van der Waals surface area contributed by atoms with Crippen molar-refractivity contribution in [3.8, 4) is 5.75 Å². The zero-order chi connectivity index (χ0) is 44.0. The van der Waals surface area contributed by atoms with E-state index in [2.05, 4.69) is 147 Å². The molecule has 11 heteroatoms. The van der Waals surface area contributed by atoms with Crippen LogP contribution in [-0.4, -0.2) is 72.7 Å². The molecule has 10 nitrogen and oxygen atoms in total. The Morgan fingerprint density at radius 3 is 1.28 bits per heavy atom. The Kier molecular flexibility index (Phi) is 18.7. The van der Waals surface area contributed by atoms with Crippen LogP contribution in [0.4, 0.5) is 17.1 Å². The minimum absolute atomic E-state index is 0.170. The molecule has 336 valence electrons. The number of rotatable bonds is 14. The van der Waals surface area contributed by atoms with Crippen LogP contribution in [0.3, 0.4) is 0 Å². The number of ether oxygens (including phenoxy) is 4. The highest BCUT2D eigenvalue weighted by molar-refractivity contribution is 6.30. The van der Waals surface area contributed by atoms with Gasteiger partial charge in [-0.25, -0.2) is 0 Å². The van der Waals surface area contributed by atoms with Crippen molar-refractivity contribution in [3.63, 3.8) is 0 Å². The third kappa shape index (κ3) is 15.4. The van der Waals surface area contributed by atoms with E-state index >= 15 is 0 Å². The van der Waals surface area contributed by atoms with Crippen LogP contribution in [0.5, 0.6) is 5.75 Å². The van der Waals surface area contributed by atoms with Crippen molar-refractivity contribution in [2.24, 2.45) is 0 Å². The summed E-state index contributed by atoms with van der Waals surface area (Å²) < 4.78 is 22.4. The van der Waals surface area contributed by atoms with Gasteiger partial charge in [0.2, 0.25) is 0 Å². The van der Waals surface area contributed by atoms with Gasteiger partial charge in [-0.2, -0.15) is 0 Å². The fourth-order valence-electron chi connectivity index (χ4n) is 7.54. The van der Waals surface area contributed by atoms with Gasteiger partial charge >= 0.3 is 0 Å².